The van der Waals surface area contributed by atoms with Crippen LogP contribution >= 0.6 is 0 Å². The van der Waals surface area contributed by atoms with Gasteiger partial charge in [0.1, 0.15) is 0 Å². The highest BCUT2D eigenvalue weighted by Gasteiger charge is 2.21. The van der Waals surface area contributed by atoms with E-state index in [4.69, 9.17) is 0 Å². The van der Waals surface area contributed by atoms with Gasteiger partial charge >= 0.3 is 0 Å². The maximum atomic E-state index is 2.41. The Kier molecular flexibility index (Phi) is 4.42. The predicted octanol–water partition coefficient (Wildman–Crippen LogP) is 4.17. The number of unbranched alkanes of at least 4 members (excludes halogenated alkanes) is 1. The van der Waals surface area contributed by atoms with Gasteiger partial charge in [-0.25, -0.2) is 0 Å². The van der Waals surface area contributed by atoms with Crippen molar-refractivity contribution >= 4 is 0 Å². The van der Waals surface area contributed by atoms with Crippen LogP contribution in [0.5, 0.6) is 0 Å². The fourth-order valence-corrected chi connectivity index (χ4v) is 2.13. The second-order valence-electron chi connectivity index (χ2n) is 4.16. The number of hydrogen-bond acceptors (Lipinski definition) is 0. The monoisotopic (exact) mass is 166 g/mol. The van der Waals surface area contributed by atoms with E-state index in [1.165, 1.54) is 38.5 Å². The van der Waals surface area contributed by atoms with Crippen LogP contribution < -0.4 is 0 Å². The molecule has 0 aliphatic heterocycles. The summed E-state index contributed by atoms with van der Waals surface area (Å²) in [6.45, 7) is 4.65. The van der Waals surface area contributed by atoms with Crippen LogP contribution in [0, 0.1) is 11.8 Å². The number of rotatable bonds is 4. The van der Waals surface area contributed by atoms with Gasteiger partial charge in [-0.2, -0.15) is 0 Å². The molecular formula is C12H22. The Hall–Kier alpha value is -0.260. The third kappa shape index (κ3) is 3.00. The topological polar surface area (TPSA) is 0 Å². The van der Waals surface area contributed by atoms with Crippen LogP contribution in [0.1, 0.15) is 52.4 Å². The second-order valence-corrected chi connectivity index (χ2v) is 4.16. The van der Waals surface area contributed by atoms with Crippen molar-refractivity contribution < 1.29 is 0 Å². The molecule has 0 N–H and O–H groups in total. The zero-order valence-corrected chi connectivity index (χ0v) is 8.55. The van der Waals surface area contributed by atoms with Crippen LogP contribution in [0.3, 0.4) is 0 Å². The molecular weight excluding hydrogens is 144 g/mol. The highest BCUT2D eigenvalue weighted by atomic mass is 14.3. The molecule has 0 bridgehead atoms. The van der Waals surface area contributed by atoms with E-state index < -0.39 is 0 Å². The molecule has 1 fully saturated rings. The molecule has 0 amide bonds. The zero-order valence-electron chi connectivity index (χ0n) is 8.55. The highest BCUT2D eigenvalue weighted by Crippen LogP contribution is 2.33. The average Bonchev–Trinajstić information content (AvgIpc) is 2.46. The summed E-state index contributed by atoms with van der Waals surface area (Å²) < 4.78 is 0. The molecule has 0 aromatic rings. The summed E-state index contributed by atoms with van der Waals surface area (Å²) >= 11 is 0. The summed E-state index contributed by atoms with van der Waals surface area (Å²) in [5.41, 5.74) is 0. The third-order valence-electron chi connectivity index (χ3n) is 3.10. The first kappa shape index (κ1) is 9.83. The van der Waals surface area contributed by atoms with Gasteiger partial charge in [0.2, 0.25) is 0 Å². The van der Waals surface area contributed by atoms with E-state index in [2.05, 4.69) is 26.0 Å². The second kappa shape index (κ2) is 5.40. The zero-order chi connectivity index (χ0) is 8.81. The Labute approximate surface area is 77.1 Å². The summed E-state index contributed by atoms with van der Waals surface area (Å²) in [5, 5.41) is 0. The molecule has 12 heavy (non-hydrogen) atoms. The first-order valence-corrected chi connectivity index (χ1v) is 5.49. The summed E-state index contributed by atoms with van der Waals surface area (Å²) in [7, 11) is 0. The van der Waals surface area contributed by atoms with Crippen LogP contribution in [0.15, 0.2) is 12.2 Å². The fourth-order valence-electron chi connectivity index (χ4n) is 2.13. The van der Waals surface area contributed by atoms with Crippen molar-refractivity contribution in [2.24, 2.45) is 11.8 Å². The van der Waals surface area contributed by atoms with Gasteiger partial charge in [0.25, 0.3) is 0 Å². The molecule has 2 unspecified atom stereocenters. The maximum Gasteiger partial charge on any atom is -0.0320 e. The number of allylic oxidation sites excluding steroid dienone is 2. The molecule has 1 saturated carbocycles. The van der Waals surface area contributed by atoms with Gasteiger partial charge in [-0.1, -0.05) is 45.3 Å². The summed E-state index contributed by atoms with van der Waals surface area (Å²) in [6.07, 6.45) is 13.0. The Bertz CT molecular complexity index is 135. The normalized spacial score (nSPS) is 30.2. The highest BCUT2D eigenvalue weighted by molar-refractivity contribution is 4.87. The minimum absolute atomic E-state index is 0.983. The molecule has 1 rings (SSSR count). The first-order chi connectivity index (χ1) is 5.84. The summed E-state index contributed by atoms with van der Waals surface area (Å²) in [4.78, 5) is 0. The molecule has 0 spiro atoms. The summed E-state index contributed by atoms with van der Waals surface area (Å²) in [6, 6.07) is 0. The van der Waals surface area contributed by atoms with E-state index in [9.17, 15) is 0 Å². The van der Waals surface area contributed by atoms with Crippen LogP contribution in [0.4, 0.5) is 0 Å². The Morgan fingerprint density at radius 2 is 2.08 bits per heavy atom. The molecule has 0 heteroatoms. The summed E-state index contributed by atoms with van der Waals surface area (Å²) in [5.74, 6) is 1.98. The van der Waals surface area contributed by atoms with Crippen molar-refractivity contribution in [3.05, 3.63) is 12.2 Å². The quantitative estimate of drug-likeness (QED) is 0.550. The predicted molar refractivity (Wildman–Crippen MR) is 55.2 cm³/mol. The molecule has 2 atom stereocenters. The van der Waals surface area contributed by atoms with Gasteiger partial charge in [-0.15, -0.1) is 0 Å². The van der Waals surface area contributed by atoms with Crippen molar-refractivity contribution in [3.63, 3.8) is 0 Å². The van der Waals surface area contributed by atoms with Gasteiger partial charge in [-0.3, -0.25) is 0 Å². The van der Waals surface area contributed by atoms with Gasteiger partial charge in [-0.05, 0) is 31.1 Å². The van der Waals surface area contributed by atoms with E-state index >= 15 is 0 Å². The van der Waals surface area contributed by atoms with E-state index in [1.807, 2.05) is 0 Å². The maximum absolute atomic E-state index is 2.41. The molecule has 0 heterocycles. The molecule has 0 saturated heterocycles. The SMILES string of the molecule is CCCC=CCC1CCCC1C. The minimum atomic E-state index is 0.983. The lowest BCUT2D eigenvalue weighted by Crippen LogP contribution is -2.01. The van der Waals surface area contributed by atoms with Crippen LogP contribution in [-0.2, 0) is 0 Å². The van der Waals surface area contributed by atoms with Gasteiger partial charge in [0, 0.05) is 0 Å². The molecule has 0 aromatic carbocycles. The minimum Gasteiger partial charge on any atom is -0.0885 e. The van der Waals surface area contributed by atoms with E-state index in [0.717, 1.165) is 11.8 Å². The largest absolute Gasteiger partial charge is 0.0885 e. The molecule has 0 radical (unpaired) electrons. The molecule has 70 valence electrons. The average molecular weight is 166 g/mol. The smallest absolute Gasteiger partial charge is 0.0320 e. The standard InChI is InChI=1S/C12H22/c1-3-4-5-6-9-12-10-7-8-11(12)2/h5-6,11-12H,3-4,7-10H2,1-2H3. The van der Waals surface area contributed by atoms with E-state index in [1.54, 1.807) is 0 Å². The molecule has 1 aliphatic rings. The Morgan fingerprint density at radius 1 is 1.25 bits per heavy atom. The third-order valence-corrected chi connectivity index (χ3v) is 3.10. The van der Waals surface area contributed by atoms with Crippen molar-refractivity contribution in [3.8, 4) is 0 Å². The lowest BCUT2D eigenvalue weighted by molar-refractivity contribution is 0.423. The molecule has 0 aromatic heterocycles. The van der Waals surface area contributed by atoms with Crippen molar-refractivity contribution in [1.82, 2.24) is 0 Å². The van der Waals surface area contributed by atoms with Gasteiger partial charge in [0.15, 0.2) is 0 Å². The first-order valence-electron chi connectivity index (χ1n) is 5.49. The van der Waals surface area contributed by atoms with Gasteiger partial charge in [0.05, 0.1) is 0 Å². The fraction of sp³-hybridized carbons (Fsp3) is 0.833. The van der Waals surface area contributed by atoms with Crippen molar-refractivity contribution in [2.45, 2.75) is 52.4 Å². The molecule has 1 aliphatic carbocycles. The van der Waals surface area contributed by atoms with Crippen molar-refractivity contribution in [1.29, 1.82) is 0 Å². The lowest BCUT2D eigenvalue weighted by Gasteiger charge is -2.11. The van der Waals surface area contributed by atoms with Crippen LogP contribution in [0.25, 0.3) is 0 Å². The van der Waals surface area contributed by atoms with E-state index in [-0.39, 0.29) is 0 Å². The van der Waals surface area contributed by atoms with Crippen LogP contribution in [0.2, 0.25) is 0 Å². The Balaban J connectivity index is 2.13. The molecule has 0 nitrogen and oxygen atoms in total. The number of hydrogen-bond donors (Lipinski definition) is 0. The van der Waals surface area contributed by atoms with Gasteiger partial charge < -0.3 is 0 Å². The van der Waals surface area contributed by atoms with Crippen LogP contribution in [-0.4, -0.2) is 0 Å². The van der Waals surface area contributed by atoms with Crippen molar-refractivity contribution in [2.75, 3.05) is 0 Å². The Morgan fingerprint density at radius 3 is 2.67 bits per heavy atom. The lowest BCUT2D eigenvalue weighted by atomic mass is 9.94. The van der Waals surface area contributed by atoms with E-state index in [0.29, 0.717) is 0 Å².